The molecule has 1 aliphatic heterocycles. The van der Waals surface area contributed by atoms with Crippen molar-refractivity contribution >= 4 is 17.7 Å². The molecule has 1 aromatic carbocycles. The average molecular weight is 266 g/mol. The highest BCUT2D eigenvalue weighted by molar-refractivity contribution is 8.01. The van der Waals surface area contributed by atoms with E-state index in [4.69, 9.17) is 9.47 Å². The first-order chi connectivity index (χ1) is 8.53. The van der Waals surface area contributed by atoms with Crippen molar-refractivity contribution in [3.8, 4) is 5.75 Å². The van der Waals surface area contributed by atoms with E-state index in [-0.39, 0.29) is 5.97 Å². The molecule has 2 rings (SSSR count). The van der Waals surface area contributed by atoms with Crippen LogP contribution in [0.25, 0.3) is 0 Å². The predicted molar refractivity (Wildman–Crippen MR) is 72.2 cm³/mol. The Morgan fingerprint density at radius 2 is 2.22 bits per heavy atom. The molecule has 0 N–H and O–H groups in total. The molecule has 0 unspecified atom stereocenters. The van der Waals surface area contributed by atoms with E-state index in [9.17, 15) is 4.79 Å². The zero-order chi connectivity index (χ0) is 13.2. The standard InChI is InChI=1S/C14H18O3S/c1-14(2,13(15)16-3)18-11-6-7-12-10(9-11)5-4-8-17-12/h6-7,9H,4-5,8H2,1-3H3. The lowest BCUT2D eigenvalue weighted by Crippen LogP contribution is -2.28. The normalized spacial score (nSPS) is 14.6. The second kappa shape index (κ2) is 5.22. The molecule has 3 nitrogen and oxygen atoms in total. The van der Waals surface area contributed by atoms with Gasteiger partial charge in [-0.05, 0) is 50.5 Å². The van der Waals surface area contributed by atoms with E-state index in [0.717, 1.165) is 30.1 Å². The molecule has 0 saturated carbocycles. The van der Waals surface area contributed by atoms with Gasteiger partial charge in [-0.2, -0.15) is 0 Å². The molecule has 0 aliphatic carbocycles. The molecule has 0 aromatic heterocycles. The van der Waals surface area contributed by atoms with Crippen LogP contribution in [0.2, 0.25) is 0 Å². The maximum Gasteiger partial charge on any atom is 0.321 e. The fourth-order valence-electron chi connectivity index (χ4n) is 1.98. The number of hydrogen-bond acceptors (Lipinski definition) is 4. The second-order valence-corrected chi connectivity index (χ2v) is 6.52. The number of benzene rings is 1. The van der Waals surface area contributed by atoms with Crippen molar-refractivity contribution in [1.29, 1.82) is 0 Å². The molecule has 1 heterocycles. The zero-order valence-corrected chi connectivity index (χ0v) is 11.8. The van der Waals surface area contributed by atoms with Crippen LogP contribution in [-0.2, 0) is 16.0 Å². The van der Waals surface area contributed by atoms with Crippen LogP contribution in [0.5, 0.6) is 5.75 Å². The molecular weight excluding hydrogens is 248 g/mol. The average Bonchev–Trinajstić information content (AvgIpc) is 2.37. The van der Waals surface area contributed by atoms with Crippen LogP contribution in [0.4, 0.5) is 0 Å². The number of thioether (sulfide) groups is 1. The number of carbonyl (C=O) groups is 1. The van der Waals surface area contributed by atoms with Crippen molar-refractivity contribution in [3.63, 3.8) is 0 Å². The molecule has 4 heteroatoms. The quantitative estimate of drug-likeness (QED) is 0.622. The molecule has 0 atom stereocenters. The van der Waals surface area contributed by atoms with Crippen molar-refractivity contribution in [2.45, 2.75) is 36.3 Å². The first-order valence-electron chi connectivity index (χ1n) is 6.06. The van der Waals surface area contributed by atoms with E-state index >= 15 is 0 Å². The third-order valence-electron chi connectivity index (χ3n) is 2.93. The molecule has 18 heavy (non-hydrogen) atoms. The van der Waals surface area contributed by atoms with Crippen LogP contribution in [0.3, 0.4) is 0 Å². The van der Waals surface area contributed by atoms with E-state index < -0.39 is 4.75 Å². The summed E-state index contributed by atoms with van der Waals surface area (Å²) in [6, 6.07) is 6.10. The molecule has 0 radical (unpaired) electrons. The fourth-order valence-corrected chi connectivity index (χ4v) is 3.08. The molecule has 1 aliphatic rings. The van der Waals surface area contributed by atoms with Crippen LogP contribution in [0.15, 0.2) is 23.1 Å². The lowest BCUT2D eigenvalue weighted by atomic mass is 10.1. The van der Waals surface area contributed by atoms with Gasteiger partial charge >= 0.3 is 5.97 Å². The number of fused-ring (bicyclic) bond motifs is 1. The van der Waals surface area contributed by atoms with Crippen LogP contribution in [0.1, 0.15) is 25.8 Å². The Morgan fingerprint density at radius 3 is 2.94 bits per heavy atom. The predicted octanol–water partition coefficient (Wildman–Crippen LogP) is 3.06. The van der Waals surface area contributed by atoms with Crippen LogP contribution < -0.4 is 4.74 Å². The Labute approximate surface area is 112 Å². The Kier molecular flexibility index (Phi) is 3.85. The second-order valence-electron chi connectivity index (χ2n) is 4.83. The van der Waals surface area contributed by atoms with Gasteiger partial charge in [0.2, 0.25) is 0 Å². The minimum Gasteiger partial charge on any atom is -0.493 e. The Morgan fingerprint density at radius 1 is 1.44 bits per heavy atom. The van der Waals surface area contributed by atoms with E-state index in [1.807, 2.05) is 26.0 Å². The highest BCUT2D eigenvalue weighted by Gasteiger charge is 2.30. The molecule has 0 amide bonds. The monoisotopic (exact) mass is 266 g/mol. The summed E-state index contributed by atoms with van der Waals surface area (Å²) in [7, 11) is 1.42. The van der Waals surface area contributed by atoms with Gasteiger partial charge in [-0.1, -0.05) is 0 Å². The van der Waals surface area contributed by atoms with Crippen LogP contribution >= 0.6 is 11.8 Å². The number of aryl methyl sites for hydroxylation is 1. The topological polar surface area (TPSA) is 35.5 Å². The summed E-state index contributed by atoms with van der Waals surface area (Å²) in [6.07, 6.45) is 2.10. The summed E-state index contributed by atoms with van der Waals surface area (Å²) in [6.45, 7) is 4.55. The largest absolute Gasteiger partial charge is 0.493 e. The van der Waals surface area contributed by atoms with Gasteiger partial charge in [-0.15, -0.1) is 11.8 Å². The van der Waals surface area contributed by atoms with Crippen LogP contribution in [-0.4, -0.2) is 24.4 Å². The van der Waals surface area contributed by atoms with E-state index in [1.54, 1.807) is 0 Å². The van der Waals surface area contributed by atoms with Gasteiger partial charge in [0.1, 0.15) is 10.5 Å². The number of carbonyl (C=O) groups excluding carboxylic acids is 1. The Hall–Kier alpha value is -1.16. The zero-order valence-electron chi connectivity index (χ0n) is 11.0. The highest BCUT2D eigenvalue weighted by atomic mass is 32.2. The van der Waals surface area contributed by atoms with Crippen LogP contribution in [0, 0.1) is 0 Å². The smallest absolute Gasteiger partial charge is 0.321 e. The summed E-state index contributed by atoms with van der Waals surface area (Å²) >= 11 is 1.52. The highest BCUT2D eigenvalue weighted by Crippen LogP contribution is 2.36. The van der Waals surface area contributed by atoms with Gasteiger partial charge in [0.15, 0.2) is 0 Å². The lowest BCUT2D eigenvalue weighted by molar-refractivity contribution is -0.142. The summed E-state index contributed by atoms with van der Waals surface area (Å²) < 4.78 is 9.82. The number of esters is 1. The minimum atomic E-state index is -0.571. The summed E-state index contributed by atoms with van der Waals surface area (Å²) in [4.78, 5) is 12.7. The lowest BCUT2D eigenvalue weighted by Gasteiger charge is -2.22. The van der Waals surface area contributed by atoms with Gasteiger partial charge < -0.3 is 9.47 Å². The molecule has 0 bridgehead atoms. The number of ether oxygens (including phenoxy) is 2. The Balaban J connectivity index is 2.17. The molecule has 98 valence electrons. The van der Waals surface area contributed by atoms with Gasteiger partial charge in [0, 0.05) is 4.90 Å². The number of methoxy groups -OCH3 is 1. The number of hydrogen-bond donors (Lipinski definition) is 0. The van der Waals surface area contributed by atoms with Crippen molar-refractivity contribution in [3.05, 3.63) is 23.8 Å². The van der Waals surface area contributed by atoms with Gasteiger partial charge in [0.25, 0.3) is 0 Å². The molecule has 0 spiro atoms. The first-order valence-corrected chi connectivity index (χ1v) is 6.88. The first kappa shape index (κ1) is 13.3. The summed E-state index contributed by atoms with van der Waals surface area (Å²) in [5.41, 5.74) is 1.23. The van der Waals surface area contributed by atoms with Crippen molar-refractivity contribution < 1.29 is 14.3 Å². The number of rotatable bonds is 3. The van der Waals surface area contributed by atoms with E-state index in [0.29, 0.717) is 0 Å². The Bertz CT molecular complexity index is 454. The third kappa shape index (κ3) is 2.80. The molecule has 0 saturated heterocycles. The third-order valence-corrected chi connectivity index (χ3v) is 4.10. The van der Waals surface area contributed by atoms with Gasteiger partial charge in [-0.3, -0.25) is 4.79 Å². The SMILES string of the molecule is COC(=O)C(C)(C)Sc1ccc2c(c1)CCCO2. The molecule has 1 aromatic rings. The molecule has 0 fully saturated rings. The van der Waals surface area contributed by atoms with Crippen molar-refractivity contribution in [1.82, 2.24) is 0 Å². The van der Waals surface area contributed by atoms with Crippen molar-refractivity contribution in [2.24, 2.45) is 0 Å². The van der Waals surface area contributed by atoms with Gasteiger partial charge in [0.05, 0.1) is 13.7 Å². The van der Waals surface area contributed by atoms with Gasteiger partial charge in [-0.25, -0.2) is 0 Å². The summed E-state index contributed by atoms with van der Waals surface area (Å²) in [5.74, 6) is 0.767. The summed E-state index contributed by atoms with van der Waals surface area (Å²) in [5, 5.41) is 0. The minimum absolute atomic E-state index is 0.207. The maximum absolute atomic E-state index is 11.7. The fraction of sp³-hybridized carbons (Fsp3) is 0.500. The van der Waals surface area contributed by atoms with Crippen molar-refractivity contribution in [2.75, 3.05) is 13.7 Å². The maximum atomic E-state index is 11.7. The van der Waals surface area contributed by atoms with E-state index in [1.165, 1.54) is 24.4 Å². The van der Waals surface area contributed by atoms with E-state index in [2.05, 4.69) is 6.07 Å². The molecular formula is C14H18O3S.